The SMILES string of the molecule is CC(C)CCCNC(=O)CCc1ccccc1N.Cl. The minimum atomic E-state index is 0. The summed E-state index contributed by atoms with van der Waals surface area (Å²) in [5.41, 5.74) is 7.65. The van der Waals surface area contributed by atoms with Gasteiger partial charge in [-0.3, -0.25) is 4.79 Å². The second kappa shape index (κ2) is 9.68. The van der Waals surface area contributed by atoms with E-state index in [9.17, 15) is 4.79 Å². The Balaban J connectivity index is 0.00000324. The van der Waals surface area contributed by atoms with Gasteiger partial charge in [0.25, 0.3) is 0 Å². The summed E-state index contributed by atoms with van der Waals surface area (Å²) in [6.45, 7) is 5.17. The first-order valence-corrected chi connectivity index (χ1v) is 6.69. The summed E-state index contributed by atoms with van der Waals surface area (Å²) in [5.74, 6) is 0.813. The molecule has 1 aromatic carbocycles. The van der Waals surface area contributed by atoms with Crippen molar-refractivity contribution >= 4 is 24.0 Å². The van der Waals surface area contributed by atoms with Gasteiger partial charge >= 0.3 is 0 Å². The zero-order chi connectivity index (χ0) is 13.4. The largest absolute Gasteiger partial charge is 0.399 e. The Hall–Kier alpha value is -1.22. The molecule has 0 heterocycles. The molecule has 0 atom stereocenters. The molecule has 0 unspecified atom stereocenters. The number of nitrogen functional groups attached to an aromatic ring is 1. The van der Waals surface area contributed by atoms with E-state index in [1.807, 2.05) is 24.3 Å². The van der Waals surface area contributed by atoms with Crippen LogP contribution in [0.2, 0.25) is 0 Å². The molecule has 108 valence electrons. The number of carbonyl (C=O) groups excluding carboxylic acids is 1. The number of para-hydroxylation sites is 1. The van der Waals surface area contributed by atoms with E-state index in [4.69, 9.17) is 5.73 Å². The van der Waals surface area contributed by atoms with Crippen molar-refractivity contribution in [3.63, 3.8) is 0 Å². The van der Waals surface area contributed by atoms with Crippen LogP contribution in [-0.2, 0) is 11.2 Å². The molecule has 19 heavy (non-hydrogen) atoms. The fourth-order valence-corrected chi connectivity index (χ4v) is 1.84. The number of halogens is 1. The summed E-state index contributed by atoms with van der Waals surface area (Å²) in [6.07, 6.45) is 3.43. The number of nitrogens with one attached hydrogen (secondary N) is 1. The Kier molecular flexibility index (Phi) is 9.06. The van der Waals surface area contributed by atoms with Crippen LogP contribution in [0, 0.1) is 5.92 Å². The van der Waals surface area contributed by atoms with Gasteiger partial charge in [-0.2, -0.15) is 0 Å². The summed E-state index contributed by atoms with van der Waals surface area (Å²) < 4.78 is 0. The van der Waals surface area contributed by atoms with Gasteiger partial charge in [0.05, 0.1) is 0 Å². The van der Waals surface area contributed by atoms with E-state index in [2.05, 4.69) is 19.2 Å². The molecule has 0 aliphatic rings. The fraction of sp³-hybridized carbons (Fsp3) is 0.533. The molecule has 0 bridgehead atoms. The third-order valence-corrected chi connectivity index (χ3v) is 2.96. The molecular formula is C15H25ClN2O. The smallest absolute Gasteiger partial charge is 0.220 e. The van der Waals surface area contributed by atoms with E-state index in [0.717, 1.165) is 30.6 Å². The number of nitrogens with two attached hydrogens (primary N) is 1. The summed E-state index contributed by atoms with van der Waals surface area (Å²) in [7, 11) is 0. The van der Waals surface area contributed by atoms with Crippen LogP contribution < -0.4 is 11.1 Å². The van der Waals surface area contributed by atoms with Gasteiger partial charge in [0.1, 0.15) is 0 Å². The van der Waals surface area contributed by atoms with Crippen LogP contribution in [0.5, 0.6) is 0 Å². The van der Waals surface area contributed by atoms with Crippen LogP contribution >= 0.6 is 12.4 Å². The number of amides is 1. The number of hydrogen-bond acceptors (Lipinski definition) is 2. The van der Waals surface area contributed by atoms with Crippen molar-refractivity contribution in [2.45, 2.75) is 39.5 Å². The molecule has 1 rings (SSSR count). The first kappa shape index (κ1) is 17.8. The molecule has 1 aromatic rings. The topological polar surface area (TPSA) is 55.1 Å². The van der Waals surface area contributed by atoms with Crippen LogP contribution in [0.25, 0.3) is 0 Å². The molecule has 0 aliphatic heterocycles. The Morgan fingerprint density at radius 3 is 2.63 bits per heavy atom. The van der Waals surface area contributed by atoms with Crippen LogP contribution in [0.3, 0.4) is 0 Å². The second-order valence-corrected chi connectivity index (χ2v) is 5.08. The summed E-state index contributed by atoms with van der Waals surface area (Å²) in [6, 6.07) is 7.70. The number of anilines is 1. The van der Waals surface area contributed by atoms with Crippen molar-refractivity contribution in [3.05, 3.63) is 29.8 Å². The van der Waals surface area contributed by atoms with Gasteiger partial charge in [-0.25, -0.2) is 0 Å². The van der Waals surface area contributed by atoms with Crippen molar-refractivity contribution < 1.29 is 4.79 Å². The molecule has 3 nitrogen and oxygen atoms in total. The minimum absolute atomic E-state index is 0. The molecule has 0 fully saturated rings. The lowest BCUT2D eigenvalue weighted by molar-refractivity contribution is -0.121. The van der Waals surface area contributed by atoms with Gasteiger partial charge < -0.3 is 11.1 Å². The second-order valence-electron chi connectivity index (χ2n) is 5.08. The average Bonchev–Trinajstić information content (AvgIpc) is 2.33. The van der Waals surface area contributed by atoms with Gasteiger partial charge in [-0.15, -0.1) is 12.4 Å². The molecule has 3 N–H and O–H groups in total. The fourth-order valence-electron chi connectivity index (χ4n) is 1.84. The Morgan fingerprint density at radius 2 is 2.00 bits per heavy atom. The van der Waals surface area contributed by atoms with Gasteiger partial charge in [0.2, 0.25) is 5.91 Å². The van der Waals surface area contributed by atoms with E-state index in [1.54, 1.807) is 0 Å². The number of benzene rings is 1. The number of rotatable bonds is 7. The predicted molar refractivity (Wildman–Crippen MR) is 83.5 cm³/mol. The Labute approximate surface area is 122 Å². The van der Waals surface area contributed by atoms with E-state index in [-0.39, 0.29) is 18.3 Å². The zero-order valence-electron chi connectivity index (χ0n) is 11.8. The van der Waals surface area contributed by atoms with Crippen LogP contribution in [0.4, 0.5) is 5.69 Å². The maximum Gasteiger partial charge on any atom is 0.220 e. The lowest BCUT2D eigenvalue weighted by Gasteiger charge is -2.08. The van der Waals surface area contributed by atoms with Crippen molar-refractivity contribution in [2.75, 3.05) is 12.3 Å². The van der Waals surface area contributed by atoms with E-state index in [1.165, 1.54) is 0 Å². The molecule has 1 amide bonds. The highest BCUT2D eigenvalue weighted by Gasteiger charge is 2.04. The summed E-state index contributed by atoms with van der Waals surface area (Å²) in [5, 5.41) is 2.95. The molecule has 4 heteroatoms. The molecule has 0 aromatic heterocycles. The maximum atomic E-state index is 11.6. The Bertz CT molecular complexity index is 380. The van der Waals surface area contributed by atoms with Gasteiger partial charge in [-0.05, 0) is 36.8 Å². The number of carbonyl (C=O) groups is 1. The van der Waals surface area contributed by atoms with Crippen molar-refractivity contribution in [1.82, 2.24) is 5.32 Å². The van der Waals surface area contributed by atoms with Crippen molar-refractivity contribution in [2.24, 2.45) is 5.92 Å². The number of aryl methyl sites for hydroxylation is 1. The lowest BCUT2D eigenvalue weighted by Crippen LogP contribution is -2.24. The maximum absolute atomic E-state index is 11.6. The first-order valence-electron chi connectivity index (χ1n) is 6.69. The summed E-state index contributed by atoms with van der Waals surface area (Å²) in [4.78, 5) is 11.6. The quantitative estimate of drug-likeness (QED) is 0.597. The van der Waals surface area contributed by atoms with Crippen LogP contribution in [0.15, 0.2) is 24.3 Å². The van der Waals surface area contributed by atoms with E-state index in [0.29, 0.717) is 18.8 Å². The van der Waals surface area contributed by atoms with Gasteiger partial charge in [0, 0.05) is 18.7 Å². The van der Waals surface area contributed by atoms with Crippen molar-refractivity contribution in [3.8, 4) is 0 Å². The molecule has 0 spiro atoms. The third-order valence-electron chi connectivity index (χ3n) is 2.96. The van der Waals surface area contributed by atoms with Crippen molar-refractivity contribution in [1.29, 1.82) is 0 Å². The standard InChI is InChI=1S/C15H24N2O.ClH/c1-12(2)6-5-11-17-15(18)10-9-13-7-3-4-8-14(13)16;/h3-4,7-8,12H,5-6,9-11,16H2,1-2H3,(H,17,18);1H. The normalized spacial score (nSPS) is 10.1. The van der Waals surface area contributed by atoms with Crippen LogP contribution in [-0.4, -0.2) is 12.5 Å². The Morgan fingerprint density at radius 1 is 1.32 bits per heavy atom. The van der Waals surface area contributed by atoms with Gasteiger partial charge in [0.15, 0.2) is 0 Å². The van der Waals surface area contributed by atoms with E-state index < -0.39 is 0 Å². The highest BCUT2D eigenvalue weighted by molar-refractivity contribution is 5.85. The third kappa shape index (κ3) is 7.73. The molecule has 0 radical (unpaired) electrons. The summed E-state index contributed by atoms with van der Waals surface area (Å²) >= 11 is 0. The van der Waals surface area contributed by atoms with Crippen LogP contribution in [0.1, 0.15) is 38.7 Å². The molecular weight excluding hydrogens is 260 g/mol. The first-order chi connectivity index (χ1) is 8.59. The molecule has 0 saturated carbocycles. The molecule has 0 saturated heterocycles. The van der Waals surface area contributed by atoms with Gasteiger partial charge in [-0.1, -0.05) is 32.0 Å². The number of hydrogen-bond donors (Lipinski definition) is 2. The predicted octanol–water partition coefficient (Wildman–Crippen LogP) is 3.18. The monoisotopic (exact) mass is 284 g/mol. The lowest BCUT2D eigenvalue weighted by atomic mass is 10.1. The highest BCUT2D eigenvalue weighted by atomic mass is 35.5. The minimum Gasteiger partial charge on any atom is -0.399 e. The highest BCUT2D eigenvalue weighted by Crippen LogP contribution is 2.12. The zero-order valence-corrected chi connectivity index (χ0v) is 12.6. The van der Waals surface area contributed by atoms with E-state index >= 15 is 0 Å². The molecule has 0 aliphatic carbocycles. The average molecular weight is 285 g/mol.